The largest absolute Gasteiger partial charge is 0.309 e. The lowest BCUT2D eigenvalue weighted by Crippen LogP contribution is -2.36. The van der Waals surface area contributed by atoms with Crippen LogP contribution in [0.15, 0.2) is 0 Å². The first-order valence-electron chi connectivity index (χ1n) is 5.74. The lowest BCUT2D eigenvalue weighted by molar-refractivity contribution is -0.115. The van der Waals surface area contributed by atoms with Gasteiger partial charge >= 0.3 is 0 Å². The summed E-state index contributed by atoms with van der Waals surface area (Å²) in [5.74, 6) is 0. The molecule has 0 aromatic carbocycles. The third kappa shape index (κ3) is 7.51. The molecule has 90 valence electrons. The van der Waals surface area contributed by atoms with Gasteiger partial charge < -0.3 is 14.6 Å². The molecule has 0 spiro atoms. The van der Waals surface area contributed by atoms with Gasteiger partial charge in [0.2, 0.25) is 0 Å². The highest BCUT2D eigenvalue weighted by atomic mass is 16.1. The maximum absolute atomic E-state index is 10.8. The fourth-order valence-corrected chi connectivity index (χ4v) is 1.57. The van der Waals surface area contributed by atoms with Crippen molar-refractivity contribution in [2.24, 2.45) is 5.41 Å². The summed E-state index contributed by atoms with van der Waals surface area (Å²) in [5.41, 5.74) is -0.214. The summed E-state index contributed by atoms with van der Waals surface area (Å²) in [5, 5.41) is 0. The summed E-state index contributed by atoms with van der Waals surface area (Å²) in [6, 6.07) is 0. The Hall–Kier alpha value is -0.410. The Bertz CT molecular complexity index is 178. The molecule has 0 atom stereocenters. The third-order valence-corrected chi connectivity index (χ3v) is 2.48. The third-order valence-electron chi connectivity index (χ3n) is 2.48. The summed E-state index contributed by atoms with van der Waals surface area (Å²) >= 11 is 0. The van der Waals surface area contributed by atoms with E-state index in [0.717, 1.165) is 38.9 Å². The number of nitrogens with zero attached hydrogens (tertiary/aromatic N) is 2. The van der Waals surface area contributed by atoms with E-state index in [2.05, 4.69) is 30.8 Å². The van der Waals surface area contributed by atoms with Crippen LogP contribution in [-0.2, 0) is 4.79 Å². The van der Waals surface area contributed by atoms with E-state index in [9.17, 15) is 4.79 Å². The van der Waals surface area contributed by atoms with Crippen molar-refractivity contribution in [3.63, 3.8) is 0 Å². The summed E-state index contributed by atoms with van der Waals surface area (Å²) in [7, 11) is 4.18. The Morgan fingerprint density at radius 1 is 1.20 bits per heavy atom. The molecule has 0 amide bonds. The zero-order valence-electron chi connectivity index (χ0n) is 10.9. The topological polar surface area (TPSA) is 23.6 Å². The molecule has 0 aromatic heterocycles. The van der Waals surface area contributed by atoms with Gasteiger partial charge in [-0.25, -0.2) is 0 Å². The monoisotopic (exact) mass is 214 g/mol. The number of hydrogen-bond donors (Lipinski definition) is 0. The van der Waals surface area contributed by atoms with Gasteiger partial charge in [0.25, 0.3) is 0 Å². The van der Waals surface area contributed by atoms with Crippen LogP contribution in [0.25, 0.3) is 0 Å². The van der Waals surface area contributed by atoms with Crippen LogP contribution in [0.4, 0.5) is 0 Å². The number of rotatable bonds is 8. The van der Waals surface area contributed by atoms with E-state index in [-0.39, 0.29) is 5.41 Å². The van der Waals surface area contributed by atoms with Crippen LogP contribution in [0, 0.1) is 5.41 Å². The normalized spacial score (nSPS) is 12.5. The van der Waals surface area contributed by atoms with Gasteiger partial charge in [0.15, 0.2) is 0 Å². The van der Waals surface area contributed by atoms with Crippen LogP contribution < -0.4 is 0 Å². The van der Waals surface area contributed by atoms with Crippen LogP contribution in [-0.4, -0.2) is 56.4 Å². The number of hydrogen-bond acceptors (Lipinski definition) is 3. The van der Waals surface area contributed by atoms with E-state index in [4.69, 9.17) is 0 Å². The Kier molecular flexibility index (Phi) is 6.77. The fourth-order valence-electron chi connectivity index (χ4n) is 1.57. The molecule has 0 aromatic rings. The second-order valence-corrected chi connectivity index (χ2v) is 5.13. The van der Waals surface area contributed by atoms with Gasteiger partial charge in [-0.2, -0.15) is 0 Å². The fraction of sp³-hybridized carbons (Fsp3) is 0.917. The molecule has 0 N–H and O–H groups in total. The Morgan fingerprint density at radius 3 is 2.20 bits per heavy atom. The minimum absolute atomic E-state index is 0.214. The molecule has 3 heteroatoms. The van der Waals surface area contributed by atoms with Crippen molar-refractivity contribution in [3.05, 3.63) is 0 Å². The van der Waals surface area contributed by atoms with Crippen molar-refractivity contribution >= 4 is 6.29 Å². The lowest BCUT2D eigenvalue weighted by Gasteiger charge is -2.28. The average Bonchev–Trinajstić information content (AvgIpc) is 2.15. The Balaban J connectivity index is 3.87. The molecule has 15 heavy (non-hydrogen) atoms. The quantitative estimate of drug-likeness (QED) is 0.572. The molecule has 0 unspecified atom stereocenters. The maximum atomic E-state index is 10.8. The number of carbonyl (C=O) groups excluding carboxylic acids is 1. The zero-order chi connectivity index (χ0) is 11.9. The molecule has 0 aliphatic carbocycles. The lowest BCUT2D eigenvalue weighted by atomic mass is 9.95. The highest BCUT2D eigenvalue weighted by Gasteiger charge is 2.19. The predicted octanol–water partition coefficient (Wildman–Crippen LogP) is 1.49. The standard InChI is InChI=1S/C12H26N2O/c1-6-14(9-7-8-13(4)5)10-12(2,3)11-15/h11H,6-10H2,1-5H3. The van der Waals surface area contributed by atoms with Gasteiger partial charge in [0, 0.05) is 12.0 Å². The number of aldehydes is 1. The van der Waals surface area contributed by atoms with Gasteiger partial charge in [0.05, 0.1) is 0 Å². The molecular weight excluding hydrogens is 188 g/mol. The molecular formula is C12H26N2O. The maximum Gasteiger partial charge on any atom is 0.126 e. The first-order chi connectivity index (χ1) is 6.91. The molecule has 0 saturated heterocycles. The predicted molar refractivity (Wildman–Crippen MR) is 65.1 cm³/mol. The molecule has 0 radical (unpaired) electrons. The molecule has 3 nitrogen and oxygen atoms in total. The van der Waals surface area contributed by atoms with E-state index in [1.54, 1.807) is 0 Å². The first kappa shape index (κ1) is 14.6. The van der Waals surface area contributed by atoms with E-state index < -0.39 is 0 Å². The second kappa shape index (κ2) is 6.96. The van der Waals surface area contributed by atoms with Gasteiger partial charge in [0.1, 0.15) is 6.29 Å². The molecule has 0 saturated carbocycles. The van der Waals surface area contributed by atoms with E-state index in [0.29, 0.717) is 0 Å². The number of carbonyl (C=O) groups is 1. The van der Waals surface area contributed by atoms with Crippen molar-refractivity contribution in [3.8, 4) is 0 Å². The van der Waals surface area contributed by atoms with Crippen molar-refractivity contribution in [1.82, 2.24) is 9.80 Å². The highest BCUT2D eigenvalue weighted by molar-refractivity contribution is 5.58. The average molecular weight is 214 g/mol. The van der Waals surface area contributed by atoms with Crippen LogP contribution >= 0.6 is 0 Å². The summed E-state index contributed by atoms with van der Waals surface area (Å²) in [4.78, 5) is 15.4. The van der Waals surface area contributed by atoms with Gasteiger partial charge in [-0.3, -0.25) is 0 Å². The molecule has 0 rings (SSSR count). The van der Waals surface area contributed by atoms with Crippen LogP contribution in [0.2, 0.25) is 0 Å². The van der Waals surface area contributed by atoms with E-state index in [1.165, 1.54) is 0 Å². The van der Waals surface area contributed by atoms with Crippen molar-refractivity contribution in [1.29, 1.82) is 0 Å². The van der Waals surface area contributed by atoms with Crippen LogP contribution in [0.5, 0.6) is 0 Å². The van der Waals surface area contributed by atoms with Gasteiger partial charge in [-0.05, 0) is 40.2 Å². The van der Waals surface area contributed by atoms with Crippen LogP contribution in [0.3, 0.4) is 0 Å². The van der Waals surface area contributed by atoms with Crippen molar-refractivity contribution < 1.29 is 4.79 Å². The minimum atomic E-state index is -0.214. The Morgan fingerprint density at radius 2 is 1.80 bits per heavy atom. The van der Waals surface area contributed by atoms with E-state index in [1.807, 2.05) is 13.8 Å². The highest BCUT2D eigenvalue weighted by Crippen LogP contribution is 2.13. The molecule has 0 fully saturated rings. The van der Waals surface area contributed by atoms with Crippen LogP contribution in [0.1, 0.15) is 27.2 Å². The summed E-state index contributed by atoms with van der Waals surface area (Å²) in [6.45, 7) is 10.2. The smallest absolute Gasteiger partial charge is 0.126 e. The summed E-state index contributed by atoms with van der Waals surface area (Å²) in [6.07, 6.45) is 2.22. The first-order valence-corrected chi connectivity index (χ1v) is 5.74. The van der Waals surface area contributed by atoms with Gasteiger partial charge in [-0.1, -0.05) is 20.8 Å². The zero-order valence-corrected chi connectivity index (χ0v) is 10.9. The van der Waals surface area contributed by atoms with Crippen molar-refractivity contribution in [2.75, 3.05) is 40.3 Å². The SMILES string of the molecule is CCN(CCCN(C)C)CC(C)(C)C=O. The minimum Gasteiger partial charge on any atom is -0.309 e. The molecule has 0 aliphatic heterocycles. The molecule has 0 aliphatic rings. The summed E-state index contributed by atoms with van der Waals surface area (Å²) < 4.78 is 0. The van der Waals surface area contributed by atoms with Crippen molar-refractivity contribution in [2.45, 2.75) is 27.2 Å². The second-order valence-electron chi connectivity index (χ2n) is 5.13. The Labute approximate surface area is 94.4 Å². The van der Waals surface area contributed by atoms with Gasteiger partial charge in [-0.15, -0.1) is 0 Å². The molecule has 0 bridgehead atoms. The molecule has 0 heterocycles. The van der Waals surface area contributed by atoms with E-state index >= 15 is 0 Å².